The predicted octanol–water partition coefficient (Wildman–Crippen LogP) is 3.67. The van der Waals surface area contributed by atoms with Crippen LogP contribution in [0.1, 0.15) is 11.3 Å². The number of rotatable bonds is 4. The van der Waals surface area contributed by atoms with Gasteiger partial charge in [-0.1, -0.05) is 48.5 Å². The zero-order chi connectivity index (χ0) is 19.7. The maximum absolute atomic E-state index is 12.0. The van der Waals surface area contributed by atoms with Gasteiger partial charge in [-0.3, -0.25) is 14.9 Å². The Balaban J connectivity index is 1.73. The fraction of sp³-hybridized carbons (Fsp3) is 0.0476. The predicted molar refractivity (Wildman–Crippen MR) is 108 cm³/mol. The molecule has 0 radical (unpaired) electrons. The van der Waals surface area contributed by atoms with Crippen LogP contribution in [0, 0.1) is 10.1 Å². The highest BCUT2D eigenvalue weighted by Gasteiger charge is 2.13. The second kappa shape index (κ2) is 6.96. The first-order chi connectivity index (χ1) is 13.5. The Morgan fingerprint density at radius 2 is 1.71 bits per heavy atom. The van der Waals surface area contributed by atoms with Crippen molar-refractivity contribution in [3.05, 3.63) is 98.5 Å². The number of anilines is 1. The van der Waals surface area contributed by atoms with E-state index in [0.29, 0.717) is 17.4 Å². The normalized spacial score (nSPS) is 10.9. The SMILES string of the molecule is Nc1ccc(-c2cccc(Cc3n[nH]c(=O)c4ccccc34)c2)cc1[N+](=O)[O-]. The topological polar surface area (TPSA) is 115 Å². The highest BCUT2D eigenvalue weighted by atomic mass is 16.6. The summed E-state index contributed by atoms with van der Waals surface area (Å²) in [6.45, 7) is 0. The standard InChI is InChI=1S/C21H16N4O3/c22-18-9-8-15(12-20(18)25(27)28)14-5-3-4-13(10-14)11-19-16-6-1-2-7-17(16)21(26)24-23-19/h1-10,12H,11,22H2,(H,24,26). The lowest BCUT2D eigenvalue weighted by Gasteiger charge is -2.08. The van der Waals surface area contributed by atoms with Crippen LogP contribution < -0.4 is 11.3 Å². The number of nitro groups is 1. The molecule has 28 heavy (non-hydrogen) atoms. The van der Waals surface area contributed by atoms with E-state index >= 15 is 0 Å². The van der Waals surface area contributed by atoms with Crippen molar-refractivity contribution in [1.29, 1.82) is 0 Å². The minimum atomic E-state index is -0.487. The van der Waals surface area contributed by atoms with Gasteiger partial charge in [0.2, 0.25) is 0 Å². The molecule has 4 rings (SSSR count). The maximum atomic E-state index is 12.0. The van der Waals surface area contributed by atoms with Gasteiger partial charge in [0.25, 0.3) is 11.2 Å². The maximum Gasteiger partial charge on any atom is 0.292 e. The fourth-order valence-corrected chi connectivity index (χ4v) is 3.24. The van der Waals surface area contributed by atoms with Crippen LogP contribution in [0.25, 0.3) is 21.9 Å². The summed E-state index contributed by atoms with van der Waals surface area (Å²) >= 11 is 0. The van der Waals surface area contributed by atoms with E-state index in [1.54, 1.807) is 12.1 Å². The smallest absolute Gasteiger partial charge is 0.292 e. The van der Waals surface area contributed by atoms with E-state index in [9.17, 15) is 14.9 Å². The van der Waals surface area contributed by atoms with Crippen LogP contribution in [0.3, 0.4) is 0 Å². The Labute approximate surface area is 159 Å². The van der Waals surface area contributed by atoms with Gasteiger partial charge >= 0.3 is 0 Å². The monoisotopic (exact) mass is 372 g/mol. The van der Waals surface area contributed by atoms with Crippen molar-refractivity contribution in [3.63, 3.8) is 0 Å². The van der Waals surface area contributed by atoms with Crippen molar-refractivity contribution in [2.75, 3.05) is 5.73 Å². The van der Waals surface area contributed by atoms with Gasteiger partial charge in [0, 0.05) is 17.9 Å². The van der Waals surface area contributed by atoms with E-state index in [0.717, 1.165) is 22.2 Å². The lowest BCUT2D eigenvalue weighted by Crippen LogP contribution is -2.11. The van der Waals surface area contributed by atoms with Crippen molar-refractivity contribution in [1.82, 2.24) is 10.2 Å². The summed E-state index contributed by atoms with van der Waals surface area (Å²) in [5, 5.41) is 19.3. The van der Waals surface area contributed by atoms with Crippen molar-refractivity contribution < 1.29 is 4.92 Å². The molecule has 7 heteroatoms. The van der Waals surface area contributed by atoms with Crippen LogP contribution in [0.2, 0.25) is 0 Å². The molecule has 0 aliphatic heterocycles. The zero-order valence-electron chi connectivity index (χ0n) is 14.8. The Kier molecular flexibility index (Phi) is 4.33. The number of nitro benzene ring substituents is 1. The van der Waals surface area contributed by atoms with Gasteiger partial charge in [0.05, 0.1) is 16.0 Å². The van der Waals surface area contributed by atoms with Gasteiger partial charge in [-0.05, 0) is 28.8 Å². The largest absolute Gasteiger partial charge is 0.393 e. The number of hydrogen-bond donors (Lipinski definition) is 2. The third kappa shape index (κ3) is 3.21. The van der Waals surface area contributed by atoms with Gasteiger partial charge in [-0.2, -0.15) is 5.10 Å². The molecule has 3 aromatic carbocycles. The van der Waals surface area contributed by atoms with E-state index in [4.69, 9.17) is 5.73 Å². The minimum Gasteiger partial charge on any atom is -0.393 e. The molecule has 0 bridgehead atoms. The molecule has 0 saturated carbocycles. The zero-order valence-corrected chi connectivity index (χ0v) is 14.8. The van der Waals surface area contributed by atoms with Crippen molar-refractivity contribution >= 4 is 22.1 Å². The summed E-state index contributed by atoms with van der Waals surface area (Å²) in [4.78, 5) is 22.6. The molecule has 7 nitrogen and oxygen atoms in total. The molecule has 0 aliphatic rings. The Hall–Kier alpha value is -4.00. The number of aromatic amines is 1. The lowest BCUT2D eigenvalue weighted by atomic mass is 9.99. The van der Waals surface area contributed by atoms with Crippen LogP contribution in [0.15, 0.2) is 71.5 Å². The van der Waals surface area contributed by atoms with Gasteiger partial charge in [-0.15, -0.1) is 0 Å². The molecule has 0 unspecified atom stereocenters. The van der Waals surface area contributed by atoms with Crippen LogP contribution in [-0.4, -0.2) is 15.1 Å². The Bertz CT molecular complexity index is 1260. The number of aromatic nitrogens is 2. The number of nitrogens with two attached hydrogens (primary N) is 1. The summed E-state index contributed by atoms with van der Waals surface area (Å²) < 4.78 is 0. The van der Waals surface area contributed by atoms with E-state index in [1.165, 1.54) is 12.1 Å². The molecule has 0 spiro atoms. The lowest BCUT2D eigenvalue weighted by molar-refractivity contribution is -0.383. The summed E-state index contributed by atoms with van der Waals surface area (Å²) in [5.74, 6) is 0. The van der Waals surface area contributed by atoms with Gasteiger partial charge in [0.15, 0.2) is 0 Å². The molecular formula is C21H16N4O3. The number of benzene rings is 3. The molecule has 4 aromatic rings. The molecule has 0 fully saturated rings. The van der Waals surface area contributed by atoms with Crippen molar-refractivity contribution in [2.45, 2.75) is 6.42 Å². The Morgan fingerprint density at radius 3 is 2.50 bits per heavy atom. The van der Waals surface area contributed by atoms with E-state index < -0.39 is 4.92 Å². The first-order valence-electron chi connectivity index (χ1n) is 8.62. The highest BCUT2D eigenvalue weighted by molar-refractivity contribution is 5.83. The second-order valence-corrected chi connectivity index (χ2v) is 6.45. The summed E-state index contributed by atoms with van der Waals surface area (Å²) in [6.07, 6.45) is 0.516. The molecule has 0 atom stereocenters. The van der Waals surface area contributed by atoms with Crippen LogP contribution in [0.4, 0.5) is 11.4 Å². The average molecular weight is 372 g/mol. The molecular weight excluding hydrogens is 356 g/mol. The van der Waals surface area contributed by atoms with Crippen molar-refractivity contribution in [3.8, 4) is 11.1 Å². The number of nitrogen functional groups attached to an aromatic ring is 1. The van der Waals surface area contributed by atoms with Crippen molar-refractivity contribution in [2.24, 2.45) is 0 Å². The molecule has 1 heterocycles. The second-order valence-electron chi connectivity index (χ2n) is 6.45. The van der Waals surface area contributed by atoms with Gasteiger partial charge < -0.3 is 5.73 Å². The quantitative estimate of drug-likeness (QED) is 0.322. The number of hydrogen-bond acceptors (Lipinski definition) is 5. The van der Waals surface area contributed by atoms with E-state index in [1.807, 2.05) is 42.5 Å². The molecule has 138 valence electrons. The third-order valence-electron chi connectivity index (χ3n) is 4.63. The first-order valence-corrected chi connectivity index (χ1v) is 8.62. The van der Waals surface area contributed by atoms with E-state index in [-0.39, 0.29) is 16.9 Å². The van der Waals surface area contributed by atoms with Gasteiger partial charge in [-0.25, -0.2) is 5.10 Å². The van der Waals surface area contributed by atoms with E-state index in [2.05, 4.69) is 10.2 Å². The summed E-state index contributed by atoms with van der Waals surface area (Å²) in [6, 6.07) is 19.8. The number of nitrogens with one attached hydrogen (secondary N) is 1. The average Bonchev–Trinajstić information content (AvgIpc) is 2.71. The van der Waals surface area contributed by atoms with Gasteiger partial charge in [0.1, 0.15) is 5.69 Å². The minimum absolute atomic E-state index is 0.115. The number of fused-ring (bicyclic) bond motifs is 1. The molecule has 0 amide bonds. The fourth-order valence-electron chi connectivity index (χ4n) is 3.24. The molecule has 0 saturated heterocycles. The summed E-state index contributed by atoms with van der Waals surface area (Å²) in [5.41, 5.74) is 8.77. The van der Waals surface area contributed by atoms with Crippen LogP contribution in [0.5, 0.6) is 0 Å². The highest BCUT2D eigenvalue weighted by Crippen LogP contribution is 2.29. The Morgan fingerprint density at radius 1 is 0.964 bits per heavy atom. The number of nitrogens with zero attached hydrogens (tertiary/aromatic N) is 2. The first kappa shape index (κ1) is 17.4. The molecule has 0 aliphatic carbocycles. The third-order valence-corrected chi connectivity index (χ3v) is 4.63. The molecule has 3 N–H and O–H groups in total. The van der Waals surface area contributed by atoms with Crippen LogP contribution in [-0.2, 0) is 6.42 Å². The summed E-state index contributed by atoms with van der Waals surface area (Å²) in [7, 11) is 0. The number of H-pyrrole nitrogens is 1. The molecule has 1 aromatic heterocycles. The van der Waals surface area contributed by atoms with Crippen LogP contribution >= 0.6 is 0 Å².